The summed E-state index contributed by atoms with van der Waals surface area (Å²) in [7, 11) is 0. The number of hydrogen-bond donors (Lipinski definition) is 1. The number of aliphatic carboxylic acids is 1. The highest BCUT2D eigenvalue weighted by atomic mass is 16.5. The van der Waals surface area contributed by atoms with Crippen LogP contribution in [0.1, 0.15) is 40.0 Å². The highest BCUT2D eigenvalue weighted by Crippen LogP contribution is 2.26. The molecule has 1 rings (SSSR count). The zero-order chi connectivity index (χ0) is 13.8. The van der Waals surface area contributed by atoms with E-state index in [1.807, 2.05) is 20.8 Å². The van der Waals surface area contributed by atoms with E-state index in [2.05, 4.69) is 0 Å². The molecule has 1 aliphatic rings. The summed E-state index contributed by atoms with van der Waals surface area (Å²) >= 11 is 0. The van der Waals surface area contributed by atoms with Crippen LogP contribution in [0.5, 0.6) is 0 Å². The summed E-state index contributed by atoms with van der Waals surface area (Å²) in [5.41, 5.74) is -0.497. The van der Waals surface area contributed by atoms with Gasteiger partial charge in [-0.05, 0) is 11.8 Å². The number of carboxylic acid groups (broad SMARTS) is 1. The molecule has 0 saturated carbocycles. The SMILES string of the molecule is CCC1CN(C(=O)CC(C)(C)CC(=O)O)CCO1. The van der Waals surface area contributed by atoms with Crippen LogP contribution >= 0.6 is 0 Å². The molecule has 0 aromatic rings. The normalized spacial score (nSPS) is 20.8. The fourth-order valence-corrected chi connectivity index (χ4v) is 2.19. The molecular formula is C13H23NO4. The first-order chi connectivity index (χ1) is 8.34. The van der Waals surface area contributed by atoms with E-state index in [-0.39, 0.29) is 24.9 Å². The van der Waals surface area contributed by atoms with Crippen molar-refractivity contribution in [2.24, 2.45) is 5.41 Å². The molecule has 1 aliphatic heterocycles. The quantitative estimate of drug-likeness (QED) is 0.810. The van der Waals surface area contributed by atoms with E-state index in [1.165, 1.54) is 0 Å². The third kappa shape index (κ3) is 4.64. The van der Waals surface area contributed by atoms with Gasteiger partial charge in [-0.25, -0.2) is 0 Å². The number of rotatable bonds is 5. The number of carbonyl (C=O) groups is 2. The van der Waals surface area contributed by atoms with Gasteiger partial charge >= 0.3 is 5.97 Å². The average Bonchev–Trinajstić information content (AvgIpc) is 2.26. The number of hydrogen-bond acceptors (Lipinski definition) is 3. The minimum Gasteiger partial charge on any atom is -0.481 e. The smallest absolute Gasteiger partial charge is 0.303 e. The lowest BCUT2D eigenvalue weighted by Gasteiger charge is -2.34. The van der Waals surface area contributed by atoms with Gasteiger partial charge in [-0.1, -0.05) is 20.8 Å². The second kappa shape index (κ2) is 6.18. The predicted octanol–water partition coefficient (Wildman–Crippen LogP) is 1.51. The monoisotopic (exact) mass is 257 g/mol. The minimum atomic E-state index is -0.860. The van der Waals surface area contributed by atoms with Crippen LogP contribution in [0.3, 0.4) is 0 Å². The van der Waals surface area contributed by atoms with Crippen LogP contribution in [-0.4, -0.2) is 47.7 Å². The standard InChI is InChI=1S/C13H23NO4/c1-4-10-9-14(5-6-18-10)11(15)7-13(2,3)8-12(16)17/h10H,4-9H2,1-3H3,(H,16,17). The largest absolute Gasteiger partial charge is 0.481 e. The van der Waals surface area contributed by atoms with Crippen molar-refractivity contribution in [2.45, 2.75) is 46.1 Å². The van der Waals surface area contributed by atoms with Crippen molar-refractivity contribution in [1.82, 2.24) is 4.90 Å². The number of carbonyl (C=O) groups excluding carboxylic acids is 1. The van der Waals surface area contributed by atoms with Crippen molar-refractivity contribution < 1.29 is 19.4 Å². The van der Waals surface area contributed by atoms with Crippen molar-refractivity contribution in [1.29, 1.82) is 0 Å². The fourth-order valence-electron chi connectivity index (χ4n) is 2.19. The molecule has 5 heteroatoms. The lowest BCUT2D eigenvalue weighted by atomic mass is 9.85. The maximum atomic E-state index is 12.1. The van der Waals surface area contributed by atoms with E-state index >= 15 is 0 Å². The molecule has 1 N–H and O–H groups in total. The molecule has 0 spiro atoms. The van der Waals surface area contributed by atoms with Gasteiger partial charge in [0.1, 0.15) is 0 Å². The van der Waals surface area contributed by atoms with Gasteiger partial charge in [0, 0.05) is 19.5 Å². The minimum absolute atomic E-state index is 0.0142. The van der Waals surface area contributed by atoms with Gasteiger partial charge in [0.15, 0.2) is 0 Å². The van der Waals surface area contributed by atoms with Crippen molar-refractivity contribution in [3.63, 3.8) is 0 Å². The Balaban J connectivity index is 2.51. The molecule has 0 bridgehead atoms. The van der Waals surface area contributed by atoms with Crippen molar-refractivity contribution in [3.8, 4) is 0 Å². The second-order valence-corrected chi connectivity index (χ2v) is 5.65. The van der Waals surface area contributed by atoms with E-state index in [1.54, 1.807) is 4.90 Å². The topological polar surface area (TPSA) is 66.8 Å². The summed E-state index contributed by atoms with van der Waals surface area (Å²) in [5.74, 6) is -0.829. The maximum absolute atomic E-state index is 12.1. The van der Waals surface area contributed by atoms with Crippen LogP contribution in [0.15, 0.2) is 0 Å². The number of ether oxygens (including phenoxy) is 1. The molecular weight excluding hydrogens is 234 g/mol. The Labute approximate surface area is 108 Å². The lowest BCUT2D eigenvalue weighted by molar-refractivity contribution is -0.143. The molecule has 1 atom stereocenters. The van der Waals surface area contributed by atoms with Gasteiger partial charge < -0.3 is 14.7 Å². The van der Waals surface area contributed by atoms with E-state index in [9.17, 15) is 9.59 Å². The number of amides is 1. The molecule has 5 nitrogen and oxygen atoms in total. The predicted molar refractivity (Wildman–Crippen MR) is 67.3 cm³/mol. The molecule has 1 amide bonds. The lowest BCUT2D eigenvalue weighted by Crippen LogP contribution is -2.46. The molecule has 0 aromatic carbocycles. The molecule has 0 aromatic heterocycles. The first kappa shape index (κ1) is 15.0. The van der Waals surface area contributed by atoms with Gasteiger partial charge in [-0.3, -0.25) is 9.59 Å². The molecule has 18 heavy (non-hydrogen) atoms. The molecule has 1 unspecified atom stereocenters. The number of carboxylic acids is 1. The zero-order valence-electron chi connectivity index (χ0n) is 11.4. The molecule has 0 radical (unpaired) electrons. The highest BCUT2D eigenvalue weighted by Gasteiger charge is 2.30. The van der Waals surface area contributed by atoms with Crippen LogP contribution in [0, 0.1) is 5.41 Å². The van der Waals surface area contributed by atoms with Crippen molar-refractivity contribution >= 4 is 11.9 Å². The molecule has 1 saturated heterocycles. The molecule has 1 fully saturated rings. The Morgan fingerprint density at radius 3 is 2.61 bits per heavy atom. The average molecular weight is 257 g/mol. The number of nitrogens with zero attached hydrogens (tertiary/aromatic N) is 1. The van der Waals surface area contributed by atoms with Crippen LogP contribution < -0.4 is 0 Å². The van der Waals surface area contributed by atoms with E-state index < -0.39 is 11.4 Å². The molecule has 104 valence electrons. The van der Waals surface area contributed by atoms with Gasteiger partial charge in [0.05, 0.1) is 19.1 Å². The van der Waals surface area contributed by atoms with Gasteiger partial charge in [-0.2, -0.15) is 0 Å². The Hall–Kier alpha value is -1.10. The highest BCUT2D eigenvalue weighted by molar-refractivity contribution is 5.78. The molecule has 1 heterocycles. The summed E-state index contributed by atoms with van der Waals surface area (Å²) in [6, 6.07) is 0. The van der Waals surface area contributed by atoms with Gasteiger partial charge in [0.25, 0.3) is 0 Å². The molecule has 0 aliphatic carbocycles. The van der Waals surface area contributed by atoms with Crippen molar-refractivity contribution in [3.05, 3.63) is 0 Å². The summed E-state index contributed by atoms with van der Waals surface area (Å²) in [5, 5.41) is 8.81. The van der Waals surface area contributed by atoms with Crippen LogP contribution in [0.25, 0.3) is 0 Å². The van der Waals surface area contributed by atoms with Crippen LogP contribution in [0.4, 0.5) is 0 Å². The Morgan fingerprint density at radius 2 is 2.06 bits per heavy atom. The Bertz CT molecular complexity index is 314. The first-order valence-electron chi connectivity index (χ1n) is 6.45. The number of morpholine rings is 1. The third-order valence-electron chi connectivity index (χ3n) is 3.21. The summed E-state index contributed by atoms with van der Waals surface area (Å²) in [4.78, 5) is 24.7. The van der Waals surface area contributed by atoms with Gasteiger partial charge in [0.2, 0.25) is 5.91 Å². The van der Waals surface area contributed by atoms with Crippen LogP contribution in [-0.2, 0) is 14.3 Å². The van der Waals surface area contributed by atoms with Crippen LogP contribution in [0.2, 0.25) is 0 Å². The maximum Gasteiger partial charge on any atom is 0.303 e. The third-order valence-corrected chi connectivity index (χ3v) is 3.21. The Kier molecular flexibility index (Phi) is 5.14. The zero-order valence-corrected chi connectivity index (χ0v) is 11.4. The van der Waals surface area contributed by atoms with E-state index in [0.29, 0.717) is 19.7 Å². The Morgan fingerprint density at radius 1 is 1.39 bits per heavy atom. The van der Waals surface area contributed by atoms with E-state index in [4.69, 9.17) is 9.84 Å². The van der Waals surface area contributed by atoms with E-state index in [0.717, 1.165) is 6.42 Å². The summed E-state index contributed by atoms with van der Waals surface area (Å²) in [6.07, 6.45) is 1.29. The van der Waals surface area contributed by atoms with Crippen molar-refractivity contribution in [2.75, 3.05) is 19.7 Å². The first-order valence-corrected chi connectivity index (χ1v) is 6.45. The summed E-state index contributed by atoms with van der Waals surface area (Å²) < 4.78 is 5.51. The fraction of sp³-hybridized carbons (Fsp3) is 0.846. The summed E-state index contributed by atoms with van der Waals surface area (Å²) in [6.45, 7) is 7.47. The second-order valence-electron chi connectivity index (χ2n) is 5.65. The van der Waals surface area contributed by atoms with Gasteiger partial charge in [-0.15, -0.1) is 0 Å².